The summed E-state index contributed by atoms with van der Waals surface area (Å²) in [6.07, 6.45) is -0.345. The summed E-state index contributed by atoms with van der Waals surface area (Å²) in [5.74, 6) is 4.41. The Morgan fingerprint density at radius 3 is 2.03 bits per heavy atom. The molecule has 0 aromatic heterocycles. The van der Waals surface area contributed by atoms with Crippen molar-refractivity contribution < 1.29 is 24.7 Å². The Hall–Kier alpha value is -4.49. The largest absolute Gasteiger partial charge is 0.391 e. The van der Waals surface area contributed by atoms with Crippen LogP contribution in [0.1, 0.15) is 41.4 Å². The van der Waals surface area contributed by atoms with E-state index in [2.05, 4.69) is 39.9 Å². The molecule has 0 aliphatic rings. The Kier molecular flexibility index (Phi) is 12.4. The highest BCUT2D eigenvalue weighted by Gasteiger charge is 2.25. The first-order valence-electron chi connectivity index (χ1n) is 12.0. The van der Waals surface area contributed by atoms with Gasteiger partial charge >= 0.3 is 0 Å². The summed E-state index contributed by atoms with van der Waals surface area (Å²) in [7, 11) is 0. The summed E-state index contributed by atoms with van der Waals surface area (Å²) >= 11 is 0. The number of anilines is 1. The lowest BCUT2D eigenvalue weighted by Gasteiger charge is -2.19. The van der Waals surface area contributed by atoms with E-state index in [9.17, 15) is 19.5 Å². The molecule has 2 atom stereocenters. The van der Waals surface area contributed by atoms with Crippen LogP contribution in [0, 0.1) is 11.8 Å². The second-order valence-corrected chi connectivity index (χ2v) is 8.53. The van der Waals surface area contributed by atoms with E-state index >= 15 is 0 Å². The van der Waals surface area contributed by atoms with Gasteiger partial charge in [-0.15, -0.1) is 0 Å². The maximum atomic E-state index is 12.4. The standard InChI is InChI=1S/C29H30N4O5.CH4/c1-20(34)27(29(37)33-38)32-28(36)24-13-9-22(10-14-24)7-8-23-11-15-25(16-12-23)31-26(35)19-30-18-17-21-5-3-2-4-6-21;/h2-6,9-16,20,27,30,34,38H,17-19H2,1H3,(H,31,35)(H,32,36)(H,33,37);1H4/t20-,27+;/m1./s1. The molecule has 3 amide bonds. The average molecular weight is 531 g/mol. The van der Waals surface area contributed by atoms with E-state index in [1.54, 1.807) is 48.5 Å². The van der Waals surface area contributed by atoms with Crippen LogP contribution >= 0.6 is 0 Å². The summed E-state index contributed by atoms with van der Waals surface area (Å²) in [5.41, 5.74) is 4.99. The van der Waals surface area contributed by atoms with Crippen molar-refractivity contribution >= 4 is 23.4 Å². The van der Waals surface area contributed by atoms with Gasteiger partial charge in [0.1, 0.15) is 6.04 Å². The minimum absolute atomic E-state index is 0. The van der Waals surface area contributed by atoms with E-state index < -0.39 is 24.0 Å². The van der Waals surface area contributed by atoms with Gasteiger partial charge in [-0.2, -0.15) is 0 Å². The summed E-state index contributed by atoms with van der Waals surface area (Å²) in [6.45, 7) is 2.25. The van der Waals surface area contributed by atoms with Crippen molar-refractivity contribution in [1.29, 1.82) is 0 Å². The predicted octanol–water partition coefficient (Wildman–Crippen LogP) is 2.48. The van der Waals surface area contributed by atoms with Crippen LogP contribution in [0.5, 0.6) is 0 Å². The maximum absolute atomic E-state index is 12.4. The lowest BCUT2D eigenvalue weighted by atomic mass is 10.1. The molecule has 6 N–H and O–H groups in total. The van der Waals surface area contributed by atoms with Gasteiger partial charge in [0.05, 0.1) is 12.6 Å². The quantitative estimate of drug-likeness (QED) is 0.103. The highest BCUT2D eigenvalue weighted by Crippen LogP contribution is 2.10. The molecule has 39 heavy (non-hydrogen) atoms. The van der Waals surface area contributed by atoms with E-state index in [1.807, 2.05) is 18.2 Å². The molecule has 0 saturated heterocycles. The first-order valence-corrected chi connectivity index (χ1v) is 12.0. The molecule has 0 heterocycles. The molecule has 3 aromatic rings. The molecule has 204 valence electrons. The molecule has 9 heteroatoms. The molecule has 0 aliphatic carbocycles. The topological polar surface area (TPSA) is 140 Å². The molecule has 0 unspecified atom stereocenters. The van der Waals surface area contributed by atoms with E-state index in [4.69, 9.17) is 5.21 Å². The van der Waals surface area contributed by atoms with Crippen molar-refractivity contribution in [1.82, 2.24) is 16.1 Å². The zero-order valence-corrected chi connectivity index (χ0v) is 20.9. The fourth-order valence-electron chi connectivity index (χ4n) is 3.47. The number of carbonyl (C=O) groups excluding carboxylic acids is 3. The third-order valence-corrected chi connectivity index (χ3v) is 5.55. The normalized spacial score (nSPS) is 11.6. The Labute approximate surface area is 228 Å². The van der Waals surface area contributed by atoms with E-state index in [0.717, 1.165) is 12.0 Å². The lowest BCUT2D eigenvalue weighted by Crippen LogP contribution is -2.51. The summed E-state index contributed by atoms with van der Waals surface area (Å²) in [5, 5.41) is 26.8. The number of hydroxylamine groups is 1. The molecule has 0 spiro atoms. The van der Waals surface area contributed by atoms with E-state index in [0.29, 0.717) is 17.8 Å². The van der Waals surface area contributed by atoms with Crippen LogP contribution in [-0.4, -0.2) is 53.3 Å². The molecule has 3 aromatic carbocycles. The lowest BCUT2D eigenvalue weighted by molar-refractivity contribution is -0.133. The molecule has 9 nitrogen and oxygen atoms in total. The Morgan fingerprint density at radius 1 is 0.872 bits per heavy atom. The third kappa shape index (κ3) is 10.1. The minimum Gasteiger partial charge on any atom is -0.391 e. The summed E-state index contributed by atoms with van der Waals surface area (Å²) in [4.78, 5) is 36.1. The minimum atomic E-state index is -1.30. The Balaban J connectivity index is 0.00000533. The van der Waals surface area contributed by atoms with Gasteiger partial charge in [-0.05, 0) is 74.0 Å². The Morgan fingerprint density at radius 2 is 1.46 bits per heavy atom. The number of carbonyl (C=O) groups is 3. The van der Waals surface area contributed by atoms with Crippen molar-refractivity contribution in [3.8, 4) is 11.8 Å². The van der Waals surface area contributed by atoms with Gasteiger partial charge in [-0.3, -0.25) is 19.6 Å². The summed E-state index contributed by atoms with van der Waals surface area (Å²) < 4.78 is 0. The highest BCUT2D eigenvalue weighted by molar-refractivity contribution is 5.97. The Bertz CT molecular complexity index is 1280. The fraction of sp³-hybridized carbons (Fsp3) is 0.233. The number of hydrogen-bond acceptors (Lipinski definition) is 6. The SMILES string of the molecule is C.C[C@@H](O)[C@H](NC(=O)c1ccc(C#Cc2ccc(NC(=O)CNCCc3ccccc3)cc2)cc1)C(=O)NO. The predicted molar refractivity (Wildman–Crippen MR) is 150 cm³/mol. The van der Waals surface area contributed by atoms with Gasteiger partial charge in [0, 0.05) is 22.4 Å². The zero-order valence-electron chi connectivity index (χ0n) is 20.9. The van der Waals surface area contributed by atoms with Crippen molar-refractivity contribution in [3.05, 3.63) is 101 Å². The average Bonchev–Trinajstić information content (AvgIpc) is 2.94. The van der Waals surface area contributed by atoms with Crippen LogP contribution in [0.2, 0.25) is 0 Å². The zero-order chi connectivity index (χ0) is 27.3. The van der Waals surface area contributed by atoms with Gasteiger partial charge in [0.2, 0.25) is 5.91 Å². The number of hydrogen-bond donors (Lipinski definition) is 6. The molecule has 0 bridgehead atoms. The molecule has 0 aliphatic heterocycles. The van der Waals surface area contributed by atoms with Crippen LogP contribution in [0.15, 0.2) is 78.9 Å². The van der Waals surface area contributed by atoms with Crippen LogP contribution in [0.4, 0.5) is 5.69 Å². The van der Waals surface area contributed by atoms with Gasteiger partial charge in [0.15, 0.2) is 0 Å². The van der Waals surface area contributed by atoms with Crippen molar-refractivity contribution in [2.75, 3.05) is 18.4 Å². The number of amides is 3. The summed E-state index contributed by atoms with van der Waals surface area (Å²) in [6, 6.07) is 22.3. The number of nitrogens with one attached hydrogen (secondary N) is 4. The molecule has 3 rings (SSSR count). The molecule has 0 fully saturated rings. The number of rotatable bonds is 10. The van der Waals surface area contributed by atoms with Crippen LogP contribution in [0.25, 0.3) is 0 Å². The second kappa shape index (κ2) is 15.7. The number of aliphatic hydroxyl groups is 1. The monoisotopic (exact) mass is 530 g/mol. The van der Waals surface area contributed by atoms with Gasteiger partial charge in [-0.25, -0.2) is 5.48 Å². The van der Waals surface area contributed by atoms with E-state index in [1.165, 1.54) is 18.0 Å². The van der Waals surface area contributed by atoms with Crippen LogP contribution in [-0.2, 0) is 16.0 Å². The van der Waals surface area contributed by atoms with E-state index in [-0.39, 0.29) is 25.4 Å². The first-order chi connectivity index (χ1) is 18.4. The smallest absolute Gasteiger partial charge is 0.268 e. The fourth-order valence-corrected chi connectivity index (χ4v) is 3.47. The number of aliphatic hydroxyl groups excluding tert-OH is 1. The van der Waals surface area contributed by atoms with Gasteiger partial charge in [-0.1, -0.05) is 49.6 Å². The van der Waals surface area contributed by atoms with Gasteiger partial charge in [0.25, 0.3) is 11.8 Å². The maximum Gasteiger partial charge on any atom is 0.268 e. The first kappa shape index (κ1) is 30.7. The van der Waals surface area contributed by atoms with Crippen LogP contribution < -0.4 is 21.4 Å². The highest BCUT2D eigenvalue weighted by atomic mass is 16.5. The molecular formula is C30H34N4O5. The molecule has 0 saturated carbocycles. The van der Waals surface area contributed by atoms with Crippen molar-refractivity contribution in [3.63, 3.8) is 0 Å². The second-order valence-electron chi connectivity index (χ2n) is 8.53. The van der Waals surface area contributed by atoms with Crippen molar-refractivity contribution in [2.24, 2.45) is 0 Å². The van der Waals surface area contributed by atoms with Crippen molar-refractivity contribution in [2.45, 2.75) is 32.9 Å². The molecular weight excluding hydrogens is 496 g/mol. The molecule has 0 radical (unpaired) electrons. The number of benzene rings is 3. The third-order valence-electron chi connectivity index (χ3n) is 5.55. The van der Waals surface area contributed by atoms with Gasteiger partial charge < -0.3 is 21.1 Å². The van der Waals surface area contributed by atoms with Crippen LogP contribution in [0.3, 0.4) is 0 Å².